The third kappa shape index (κ3) is 6.64. The molecule has 1 fully saturated rings. The van der Waals surface area contributed by atoms with Gasteiger partial charge in [0, 0.05) is 43.9 Å². The number of anilines is 2. The van der Waals surface area contributed by atoms with E-state index in [1.807, 2.05) is 17.0 Å². The Morgan fingerprint density at radius 1 is 1.06 bits per heavy atom. The number of alkyl halides is 3. The molecule has 4 heterocycles. The fourth-order valence-electron chi connectivity index (χ4n) is 5.71. The number of halogens is 4. The van der Waals surface area contributed by atoms with E-state index in [1.54, 1.807) is 38.7 Å². The number of fused-ring (bicyclic) bond motifs is 2. The Labute approximate surface area is 278 Å². The number of aromatic nitrogens is 4. The standard InChI is InChI=1S/C32H33ClF3N7O5/c1-18-26(40-10-12-41(13-11-40)30(46)48-31(2,3)4)28(45)43-29(38-27(39-43)20-5-8-24-19(15-20)9-14-47-24)42(18)17-25(44)37-23-7-6-21(16-22(23)33)32(34,35)36/h5-8,15-16H,9-14,17H2,1-4H3,(H,37,44). The minimum atomic E-state index is -4.60. The minimum absolute atomic E-state index is 0.00890. The Bertz CT molecular complexity index is 1980. The van der Waals surface area contributed by atoms with Gasteiger partial charge in [0.2, 0.25) is 11.7 Å². The van der Waals surface area contributed by atoms with Crippen LogP contribution in [-0.4, -0.2) is 74.5 Å². The Kier molecular flexibility index (Phi) is 8.52. The summed E-state index contributed by atoms with van der Waals surface area (Å²) in [6.45, 7) is 8.42. The van der Waals surface area contributed by atoms with Crippen LogP contribution in [0.3, 0.4) is 0 Å². The molecule has 254 valence electrons. The van der Waals surface area contributed by atoms with Crippen LogP contribution >= 0.6 is 11.6 Å². The van der Waals surface area contributed by atoms with Crippen LogP contribution in [0.4, 0.5) is 29.3 Å². The van der Waals surface area contributed by atoms with Gasteiger partial charge in [-0.05, 0) is 69.7 Å². The molecule has 0 bridgehead atoms. The van der Waals surface area contributed by atoms with E-state index in [2.05, 4.69) is 15.4 Å². The van der Waals surface area contributed by atoms with Crippen molar-refractivity contribution in [1.29, 1.82) is 0 Å². The predicted octanol–water partition coefficient (Wildman–Crippen LogP) is 5.17. The third-order valence-corrected chi connectivity index (χ3v) is 8.35. The van der Waals surface area contributed by atoms with Crippen molar-refractivity contribution in [3.63, 3.8) is 0 Å². The van der Waals surface area contributed by atoms with Crippen LogP contribution in [0, 0.1) is 6.92 Å². The number of amides is 2. The normalized spacial score (nSPS) is 15.0. The van der Waals surface area contributed by atoms with E-state index in [0.29, 0.717) is 50.5 Å². The van der Waals surface area contributed by atoms with E-state index in [4.69, 9.17) is 21.1 Å². The third-order valence-electron chi connectivity index (χ3n) is 8.04. The molecular weight excluding hydrogens is 655 g/mol. The molecule has 2 aliphatic heterocycles. The number of ether oxygens (including phenoxy) is 2. The number of benzene rings is 2. The van der Waals surface area contributed by atoms with Crippen molar-refractivity contribution in [2.24, 2.45) is 0 Å². The molecule has 0 aliphatic carbocycles. The molecule has 0 spiro atoms. The molecule has 6 rings (SSSR count). The fraction of sp³-hybridized carbons (Fsp3) is 0.406. The van der Waals surface area contributed by atoms with Crippen molar-refractivity contribution in [2.45, 2.75) is 52.4 Å². The molecule has 0 atom stereocenters. The quantitative estimate of drug-likeness (QED) is 0.305. The summed E-state index contributed by atoms with van der Waals surface area (Å²) < 4.78 is 53.2. The summed E-state index contributed by atoms with van der Waals surface area (Å²) in [7, 11) is 0. The summed E-state index contributed by atoms with van der Waals surface area (Å²) in [6, 6.07) is 8.15. The number of carbonyl (C=O) groups excluding carboxylic acids is 2. The van der Waals surface area contributed by atoms with E-state index in [1.165, 1.54) is 4.57 Å². The number of nitrogens with zero attached hydrogens (tertiary/aromatic N) is 6. The van der Waals surface area contributed by atoms with Crippen molar-refractivity contribution in [2.75, 3.05) is 43.0 Å². The van der Waals surface area contributed by atoms with E-state index in [0.717, 1.165) is 34.0 Å². The van der Waals surface area contributed by atoms with Gasteiger partial charge >= 0.3 is 12.3 Å². The zero-order valence-electron chi connectivity index (χ0n) is 26.7. The highest BCUT2D eigenvalue weighted by Crippen LogP contribution is 2.34. The molecule has 16 heteroatoms. The number of hydrogen-bond donors (Lipinski definition) is 1. The molecule has 0 saturated carbocycles. The summed E-state index contributed by atoms with van der Waals surface area (Å²) in [4.78, 5) is 48.2. The molecule has 12 nitrogen and oxygen atoms in total. The second-order valence-electron chi connectivity index (χ2n) is 12.6. The van der Waals surface area contributed by atoms with Crippen LogP contribution in [0.2, 0.25) is 5.02 Å². The zero-order valence-corrected chi connectivity index (χ0v) is 27.4. The van der Waals surface area contributed by atoms with Gasteiger partial charge in [0.25, 0.3) is 5.56 Å². The van der Waals surface area contributed by atoms with E-state index < -0.39 is 34.9 Å². The lowest BCUT2D eigenvalue weighted by atomic mass is 10.1. The van der Waals surface area contributed by atoms with Gasteiger partial charge < -0.3 is 29.2 Å². The number of nitrogens with one attached hydrogen (secondary N) is 1. The lowest BCUT2D eigenvalue weighted by molar-refractivity contribution is -0.137. The van der Waals surface area contributed by atoms with Crippen LogP contribution in [0.5, 0.6) is 5.75 Å². The van der Waals surface area contributed by atoms with Crippen LogP contribution < -0.4 is 20.5 Å². The maximum absolute atomic E-state index is 14.0. The van der Waals surface area contributed by atoms with Crippen molar-refractivity contribution >= 4 is 40.8 Å². The SMILES string of the molecule is Cc1c(N2CCN(C(=O)OC(C)(C)C)CC2)c(=O)n2nc(-c3ccc4c(c3)CCO4)nc2n1CC(=O)Nc1ccc(C(F)(F)F)cc1Cl. The molecule has 2 amide bonds. The average molecular weight is 688 g/mol. The Morgan fingerprint density at radius 3 is 2.46 bits per heavy atom. The average Bonchev–Trinajstić information content (AvgIpc) is 3.67. The van der Waals surface area contributed by atoms with Crippen molar-refractivity contribution in [1.82, 2.24) is 24.1 Å². The number of hydrogen-bond acceptors (Lipinski definition) is 8. The van der Waals surface area contributed by atoms with Gasteiger partial charge in [0.15, 0.2) is 5.82 Å². The van der Waals surface area contributed by atoms with Crippen molar-refractivity contribution < 1.29 is 32.2 Å². The van der Waals surface area contributed by atoms with Gasteiger partial charge in [-0.25, -0.2) is 4.79 Å². The molecule has 0 unspecified atom stereocenters. The van der Waals surface area contributed by atoms with Crippen LogP contribution in [0.25, 0.3) is 17.2 Å². The maximum Gasteiger partial charge on any atom is 0.416 e. The summed E-state index contributed by atoms with van der Waals surface area (Å²) in [5.41, 5.74) is 0.233. The topological polar surface area (TPSA) is 123 Å². The van der Waals surface area contributed by atoms with Gasteiger partial charge in [-0.15, -0.1) is 5.10 Å². The lowest BCUT2D eigenvalue weighted by Gasteiger charge is -2.37. The summed E-state index contributed by atoms with van der Waals surface area (Å²) in [6.07, 6.45) is -4.34. The van der Waals surface area contributed by atoms with Crippen molar-refractivity contribution in [3.8, 4) is 17.1 Å². The molecule has 2 aromatic heterocycles. The van der Waals surface area contributed by atoms with Gasteiger partial charge in [0.05, 0.1) is 22.9 Å². The molecule has 4 aromatic rings. The van der Waals surface area contributed by atoms with Crippen LogP contribution in [-0.2, 0) is 28.7 Å². The predicted molar refractivity (Wildman–Crippen MR) is 172 cm³/mol. The van der Waals surface area contributed by atoms with E-state index in [-0.39, 0.29) is 34.5 Å². The smallest absolute Gasteiger partial charge is 0.416 e. The molecule has 1 saturated heterocycles. The van der Waals surface area contributed by atoms with Crippen LogP contribution in [0.15, 0.2) is 41.2 Å². The second-order valence-corrected chi connectivity index (χ2v) is 13.0. The number of rotatable bonds is 5. The fourth-order valence-corrected chi connectivity index (χ4v) is 5.94. The zero-order chi connectivity index (χ0) is 34.5. The Morgan fingerprint density at radius 2 is 1.79 bits per heavy atom. The molecule has 1 N–H and O–H groups in total. The van der Waals surface area contributed by atoms with Crippen molar-refractivity contribution in [3.05, 3.63) is 68.6 Å². The first-order chi connectivity index (χ1) is 22.6. The molecule has 2 aromatic carbocycles. The Hall–Kier alpha value is -4.79. The van der Waals surface area contributed by atoms with Crippen LogP contribution in [0.1, 0.15) is 37.6 Å². The molecular formula is C32H33ClF3N7O5. The van der Waals surface area contributed by atoms with Gasteiger partial charge in [-0.1, -0.05) is 11.6 Å². The maximum atomic E-state index is 14.0. The van der Waals surface area contributed by atoms with E-state index >= 15 is 0 Å². The lowest BCUT2D eigenvalue weighted by Crippen LogP contribution is -2.51. The largest absolute Gasteiger partial charge is 0.493 e. The molecule has 0 radical (unpaired) electrons. The number of carbonyl (C=O) groups is 2. The molecule has 2 aliphatic rings. The van der Waals surface area contributed by atoms with Gasteiger partial charge in [0.1, 0.15) is 23.6 Å². The highest BCUT2D eigenvalue weighted by Gasteiger charge is 2.32. The first kappa shape index (κ1) is 33.1. The first-order valence-corrected chi connectivity index (χ1v) is 15.6. The molecule has 48 heavy (non-hydrogen) atoms. The monoisotopic (exact) mass is 687 g/mol. The second kappa shape index (κ2) is 12.3. The highest BCUT2D eigenvalue weighted by molar-refractivity contribution is 6.33. The van der Waals surface area contributed by atoms with E-state index in [9.17, 15) is 27.6 Å². The summed E-state index contributed by atoms with van der Waals surface area (Å²) >= 11 is 6.10. The van der Waals surface area contributed by atoms with Gasteiger partial charge in [-0.3, -0.25) is 9.59 Å². The Balaban J connectivity index is 1.35. The summed E-state index contributed by atoms with van der Waals surface area (Å²) in [5.74, 6) is 0.497. The van der Waals surface area contributed by atoms with Gasteiger partial charge in [-0.2, -0.15) is 22.7 Å². The first-order valence-electron chi connectivity index (χ1n) is 15.2. The minimum Gasteiger partial charge on any atom is -0.493 e. The highest BCUT2D eigenvalue weighted by atomic mass is 35.5. The number of piperazine rings is 1. The summed E-state index contributed by atoms with van der Waals surface area (Å²) in [5, 5.41) is 6.83.